The van der Waals surface area contributed by atoms with E-state index >= 15 is 0 Å². The number of methoxy groups -OCH3 is 1. The summed E-state index contributed by atoms with van der Waals surface area (Å²) in [6.07, 6.45) is 3.87. The summed E-state index contributed by atoms with van der Waals surface area (Å²) in [4.78, 5) is 2.26. The normalized spacial score (nSPS) is 30.4. The number of halogens is 1. The number of nitrogens with zero attached hydrogens (tertiary/aromatic N) is 3. The molecule has 0 bridgehead atoms. The minimum Gasteiger partial charge on any atom is -0.381 e. The smallest absolute Gasteiger partial charge is 0.151 e. The van der Waals surface area contributed by atoms with Gasteiger partial charge >= 0.3 is 0 Å². The van der Waals surface area contributed by atoms with E-state index in [2.05, 4.69) is 20.4 Å². The lowest BCUT2D eigenvalue weighted by Gasteiger charge is -2.36. The fourth-order valence-electron chi connectivity index (χ4n) is 2.81. The van der Waals surface area contributed by atoms with Crippen LogP contribution in [0.15, 0.2) is 12.1 Å². The summed E-state index contributed by atoms with van der Waals surface area (Å²) in [6, 6.07) is 4.88. The Morgan fingerprint density at radius 2 is 2.16 bits per heavy atom. The maximum atomic E-state index is 5.75. The van der Waals surface area contributed by atoms with E-state index in [1.165, 1.54) is 0 Å². The molecule has 0 aromatic carbocycles. The molecule has 1 unspecified atom stereocenters. The van der Waals surface area contributed by atoms with E-state index in [0.717, 1.165) is 38.2 Å². The molecule has 0 amide bonds. The molecular weight excluding hydrogens is 264 g/mol. The predicted molar refractivity (Wildman–Crippen MR) is 74.6 cm³/mol. The van der Waals surface area contributed by atoms with Crippen molar-refractivity contribution in [1.82, 2.24) is 15.5 Å². The topological polar surface area (TPSA) is 50.3 Å². The van der Waals surface area contributed by atoms with Gasteiger partial charge in [0.2, 0.25) is 0 Å². The summed E-state index contributed by atoms with van der Waals surface area (Å²) in [5.74, 6) is 0.914. The summed E-state index contributed by atoms with van der Waals surface area (Å²) in [5.41, 5.74) is 0. The second kappa shape index (κ2) is 5.61. The quantitative estimate of drug-likeness (QED) is 0.906. The fourth-order valence-corrected chi connectivity index (χ4v) is 2.91. The highest BCUT2D eigenvalue weighted by atomic mass is 35.5. The van der Waals surface area contributed by atoms with Crippen LogP contribution < -0.4 is 10.2 Å². The van der Waals surface area contributed by atoms with Gasteiger partial charge in [-0.15, -0.1) is 10.2 Å². The highest BCUT2D eigenvalue weighted by molar-refractivity contribution is 6.29. The number of hydrogen-bond acceptors (Lipinski definition) is 5. The van der Waals surface area contributed by atoms with Gasteiger partial charge in [-0.3, -0.25) is 0 Å². The van der Waals surface area contributed by atoms with E-state index < -0.39 is 0 Å². The molecule has 0 spiro atoms. The van der Waals surface area contributed by atoms with Crippen LogP contribution in [-0.4, -0.2) is 48.6 Å². The predicted octanol–water partition coefficient (Wildman–Crippen LogP) is 1.48. The van der Waals surface area contributed by atoms with Gasteiger partial charge in [0.25, 0.3) is 0 Å². The largest absolute Gasteiger partial charge is 0.381 e. The van der Waals surface area contributed by atoms with Crippen molar-refractivity contribution in [3.8, 4) is 0 Å². The summed E-state index contributed by atoms with van der Waals surface area (Å²) in [5, 5.41) is 12.2. The van der Waals surface area contributed by atoms with Gasteiger partial charge in [0.15, 0.2) is 11.0 Å². The molecule has 19 heavy (non-hydrogen) atoms. The first kappa shape index (κ1) is 13.1. The Balaban J connectivity index is 1.49. The maximum Gasteiger partial charge on any atom is 0.151 e. The van der Waals surface area contributed by atoms with E-state index in [-0.39, 0.29) is 0 Å². The summed E-state index contributed by atoms with van der Waals surface area (Å²) in [7, 11) is 1.79. The molecule has 2 heterocycles. The Kier molecular flexibility index (Phi) is 3.86. The fraction of sp³-hybridized carbons (Fsp3) is 0.692. The van der Waals surface area contributed by atoms with Crippen molar-refractivity contribution in [2.75, 3.05) is 25.1 Å². The standard InChI is InChI=1S/C13H19ClN4O/c1-19-11-6-10(7-11)15-9-4-5-18(8-9)13-3-2-12(14)16-17-13/h2-3,9-11,15H,4-8H2,1H3/t9?,10-,11+. The van der Waals surface area contributed by atoms with E-state index in [0.29, 0.717) is 23.3 Å². The summed E-state index contributed by atoms with van der Waals surface area (Å²) < 4.78 is 5.30. The zero-order valence-electron chi connectivity index (χ0n) is 11.1. The van der Waals surface area contributed by atoms with E-state index in [4.69, 9.17) is 16.3 Å². The molecule has 104 valence electrons. The van der Waals surface area contributed by atoms with Crippen LogP contribution in [0.1, 0.15) is 19.3 Å². The third-order valence-electron chi connectivity index (χ3n) is 4.03. The molecule has 6 heteroatoms. The van der Waals surface area contributed by atoms with Crippen LogP contribution in [-0.2, 0) is 4.74 Å². The van der Waals surface area contributed by atoms with Crippen molar-refractivity contribution < 1.29 is 4.74 Å². The van der Waals surface area contributed by atoms with E-state index in [1.807, 2.05) is 6.07 Å². The van der Waals surface area contributed by atoms with Crippen molar-refractivity contribution in [2.24, 2.45) is 0 Å². The third kappa shape index (κ3) is 2.99. The molecule has 3 rings (SSSR count). The van der Waals surface area contributed by atoms with Crippen molar-refractivity contribution in [2.45, 2.75) is 37.5 Å². The average Bonchev–Trinajstić information content (AvgIpc) is 2.82. The molecule has 1 N–H and O–H groups in total. The molecule has 1 saturated heterocycles. The highest BCUT2D eigenvalue weighted by Gasteiger charge is 2.32. The second-order valence-corrected chi connectivity index (χ2v) is 5.73. The first-order valence-corrected chi connectivity index (χ1v) is 7.15. The van der Waals surface area contributed by atoms with Crippen LogP contribution in [0.4, 0.5) is 5.82 Å². The van der Waals surface area contributed by atoms with E-state index in [1.54, 1.807) is 13.2 Å². The summed E-state index contributed by atoms with van der Waals surface area (Å²) >= 11 is 5.75. The molecule has 1 aliphatic carbocycles. The molecular formula is C13H19ClN4O. The molecule has 5 nitrogen and oxygen atoms in total. The lowest BCUT2D eigenvalue weighted by atomic mass is 9.88. The van der Waals surface area contributed by atoms with Gasteiger partial charge in [0, 0.05) is 32.3 Å². The molecule has 0 radical (unpaired) electrons. The first-order valence-electron chi connectivity index (χ1n) is 6.77. The van der Waals surface area contributed by atoms with E-state index in [9.17, 15) is 0 Å². The van der Waals surface area contributed by atoms with Crippen LogP contribution >= 0.6 is 11.6 Å². The van der Waals surface area contributed by atoms with Crippen LogP contribution in [0.5, 0.6) is 0 Å². The Hall–Kier alpha value is -0.910. The molecule has 1 aromatic rings. The molecule has 1 saturated carbocycles. The van der Waals surface area contributed by atoms with Crippen molar-refractivity contribution >= 4 is 17.4 Å². The van der Waals surface area contributed by atoms with Crippen LogP contribution in [0, 0.1) is 0 Å². The van der Waals surface area contributed by atoms with Crippen LogP contribution in [0.25, 0.3) is 0 Å². The van der Waals surface area contributed by atoms with Gasteiger partial charge in [-0.25, -0.2) is 0 Å². The van der Waals surface area contributed by atoms with Crippen LogP contribution in [0.2, 0.25) is 5.15 Å². The van der Waals surface area contributed by atoms with Crippen molar-refractivity contribution in [3.05, 3.63) is 17.3 Å². The number of rotatable bonds is 4. The number of anilines is 1. The van der Waals surface area contributed by atoms with Gasteiger partial charge in [0.05, 0.1) is 6.10 Å². The Bertz CT molecular complexity index is 421. The minimum atomic E-state index is 0.442. The van der Waals surface area contributed by atoms with Crippen molar-refractivity contribution in [1.29, 1.82) is 0 Å². The molecule has 1 aliphatic heterocycles. The molecule has 2 fully saturated rings. The zero-order valence-corrected chi connectivity index (χ0v) is 11.8. The minimum absolute atomic E-state index is 0.442. The lowest BCUT2D eigenvalue weighted by Crippen LogP contribution is -2.49. The monoisotopic (exact) mass is 282 g/mol. The number of hydrogen-bond donors (Lipinski definition) is 1. The Labute approximate surface area is 118 Å². The molecule has 2 aliphatic rings. The number of aromatic nitrogens is 2. The SMILES string of the molecule is CO[C@H]1C[C@@H](NC2CCN(c3ccc(Cl)nn3)C2)C1. The Morgan fingerprint density at radius 3 is 2.84 bits per heavy atom. The zero-order chi connectivity index (χ0) is 13.2. The lowest BCUT2D eigenvalue weighted by molar-refractivity contribution is 0.0149. The first-order chi connectivity index (χ1) is 9.24. The maximum absolute atomic E-state index is 5.75. The number of nitrogens with one attached hydrogen (secondary N) is 1. The highest BCUT2D eigenvalue weighted by Crippen LogP contribution is 2.25. The Morgan fingerprint density at radius 1 is 1.32 bits per heavy atom. The van der Waals surface area contributed by atoms with Crippen LogP contribution in [0.3, 0.4) is 0 Å². The van der Waals surface area contributed by atoms with Gasteiger partial charge < -0.3 is 15.0 Å². The molecule has 1 aromatic heterocycles. The second-order valence-electron chi connectivity index (χ2n) is 5.34. The van der Waals surface area contributed by atoms with Crippen molar-refractivity contribution in [3.63, 3.8) is 0 Å². The number of ether oxygens (including phenoxy) is 1. The third-order valence-corrected chi connectivity index (χ3v) is 4.23. The van der Waals surface area contributed by atoms with Gasteiger partial charge in [-0.2, -0.15) is 0 Å². The average molecular weight is 283 g/mol. The summed E-state index contributed by atoms with van der Waals surface area (Å²) in [6.45, 7) is 2.01. The molecule has 1 atom stereocenters. The van der Waals surface area contributed by atoms with Gasteiger partial charge in [0.1, 0.15) is 0 Å². The van der Waals surface area contributed by atoms with Gasteiger partial charge in [-0.1, -0.05) is 11.6 Å². The van der Waals surface area contributed by atoms with Gasteiger partial charge in [-0.05, 0) is 31.4 Å².